The van der Waals surface area contributed by atoms with E-state index in [1.165, 1.54) is 19.5 Å². The largest absolute Gasteiger partial charge is 0.329 e. The van der Waals surface area contributed by atoms with E-state index in [0.717, 1.165) is 18.4 Å². The molecule has 0 bridgehead atoms. The Balaban J connectivity index is 1.99. The molecule has 0 aromatic heterocycles. The fourth-order valence-corrected chi connectivity index (χ4v) is 3.07. The van der Waals surface area contributed by atoms with Crippen LogP contribution in [0.4, 0.5) is 0 Å². The number of nitrogens with zero attached hydrogens (tertiary/aromatic N) is 1. The molecule has 2 N–H and O–H groups in total. The van der Waals surface area contributed by atoms with Crippen LogP contribution in [0.15, 0.2) is 0 Å². The van der Waals surface area contributed by atoms with Crippen molar-refractivity contribution in [1.29, 1.82) is 0 Å². The molecule has 1 saturated heterocycles. The van der Waals surface area contributed by atoms with Crippen LogP contribution in [-0.2, 0) is 0 Å². The third-order valence-electron chi connectivity index (χ3n) is 5.09. The van der Waals surface area contributed by atoms with Gasteiger partial charge in [-0.25, -0.2) is 0 Å². The molecule has 2 fully saturated rings. The highest BCUT2D eigenvalue weighted by atomic mass is 15.3. The predicted octanol–water partition coefficient (Wildman–Crippen LogP) is 1.70. The van der Waals surface area contributed by atoms with Gasteiger partial charge in [-0.15, -0.1) is 0 Å². The monoisotopic (exact) mass is 196 g/mol. The maximum Gasteiger partial charge on any atom is 0.0301 e. The summed E-state index contributed by atoms with van der Waals surface area (Å²) in [5.74, 6) is 1.89. The lowest BCUT2D eigenvalue weighted by Crippen LogP contribution is -2.51. The van der Waals surface area contributed by atoms with E-state index in [4.69, 9.17) is 5.73 Å². The zero-order chi connectivity index (χ0) is 10.6. The van der Waals surface area contributed by atoms with Crippen molar-refractivity contribution < 1.29 is 0 Å². The molecule has 2 heteroatoms. The van der Waals surface area contributed by atoms with E-state index in [0.29, 0.717) is 5.41 Å². The van der Waals surface area contributed by atoms with E-state index in [-0.39, 0.29) is 5.54 Å². The third kappa shape index (κ3) is 1.24. The zero-order valence-electron chi connectivity index (χ0n) is 10.0. The second kappa shape index (κ2) is 2.96. The van der Waals surface area contributed by atoms with Gasteiger partial charge in [-0.1, -0.05) is 20.8 Å². The van der Waals surface area contributed by atoms with Crippen molar-refractivity contribution in [1.82, 2.24) is 4.90 Å². The summed E-state index contributed by atoms with van der Waals surface area (Å²) in [5, 5.41) is 0. The summed E-state index contributed by atoms with van der Waals surface area (Å²) in [6.07, 6.45) is 1.17. The highest BCUT2D eigenvalue weighted by Gasteiger charge is 2.63. The standard InChI is InChI=1S/C12H24N2/c1-5-12(4,8-13)14-6-9-10(7-14)11(9,2)3/h9-10H,5-8,13H2,1-4H3. The lowest BCUT2D eigenvalue weighted by molar-refractivity contribution is 0.106. The average molecular weight is 196 g/mol. The smallest absolute Gasteiger partial charge is 0.0301 e. The molecule has 1 heterocycles. The van der Waals surface area contributed by atoms with Crippen LogP contribution >= 0.6 is 0 Å². The molecule has 1 aliphatic carbocycles. The molecule has 0 spiro atoms. The summed E-state index contributed by atoms with van der Waals surface area (Å²) < 4.78 is 0. The molecule has 82 valence electrons. The van der Waals surface area contributed by atoms with Gasteiger partial charge < -0.3 is 5.73 Å². The SMILES string of the molecule is CCC(C)(CN)N1CC2C(C1)C2(C)C. The molecule has 2 nitrogen and oxygen atoms in total. The second-order valence-corrected chi connectivity index (χ2v) is 5.99. The Labute approximate surface area is 87.8 Å². The first-order valence-electron chi connectivity index (χ1n) is 5.91. The topological polar surface area (TPSA) is 29.3 Å². The number of hydrogen-bond donors (Lipinski definition) is 1. The van der Waals surface area contributed by atoms with Crippen LogP contribution in [0, 0.1) is 17.3 Å². The highest BCUT2D eigenvalue weighted by molar-refractivity contribution is 5.13. The van der Waals surface area contributed by atoms with Crippen LogP contribution in [0.2, 0.25) is 0 Å². The average Bonchev–Trinajstić information content (AvgIpc) is 2.61. The van der Waals surface area contributed by atoms with Gasteiger partial charge in [0.25, 0.3) is 0 Å². The molecule has 0 radical (unpaired) electrons. The quantitative estimate of drug-likeness (QED) is 0.744. The molecule has 0 aromatic rings. The van der Waals surface area contributed by atoms with Gasteiger partial charge in [-0.05, 0) is 30.6 Å². The molecular formula is C12H24N2. The van der Waals surface area contributed by atoms with Crippen LogP contribution < -0.4 is 5.73 Å². The van der Waals surface area contributed by atoms with Crippen LogP contribution in [0.25, 0.3) is 0 Å². The summed E-state index contributed by atoms with van der Waals surface area (Å²) in [4.78, 5) is 2.62. The van der Waals surface area contributed by atoms with Gasteiger partial charge in [-0.3, -0.25) is 4.90 Å². The Morgan fingerprint density at radius 2 is 1.86 bits per heavy atom. The zero-order valence-corrected chi connectivity index (χ0v) is 10.0. The van der Waals surface area contributed by atoms with E-state index in [1.807, 2.05) is 0 Å². The lowest BCUT2D eigenvalue weighted by atomic mass is 9.95. The van der Waals surface area contributed by atoms with Crippen LogP contribution in [0.5, 0.6) is 0 Å². The first-order chi connectivity index (χ1) is 6.45. The predicted molar refractivity (Wildman–Crippen MR) is 60.1 cm³/mol. The van der Waals surface area contributed by atoms with E-state index in [1.54, 1.807) is 0 Å². The summed E-state index contributed by atoms with van der Waals surface area (Å²) >= 11 is 0. The molecule has 2 aliphatic rings. The molecule has 0 amide bonds. The van der Waals surface area contributed by atoms with Crippen molar-refractivity contribution >= 4 is 0 Å². The van der Waals surface area contributed by atoms with Gasteiger partial charge >= 0.3 is 0 Å². The number of rotatable bonds is 3. The molecule has 14 heavy (non-hydrogen) atoms. The maximum atomic E-state index is 5.88. The Morgan fingerprint density at radius 1 is 1.36 bits per heavy atom. The van der Waals surface area contributed by atoms with E-state index >= 15 is 0 Å². The van der Waals surface area contributed by atoms with Gasteiger partial charge in [0, 0.05) is 25.2 Å². The van der Waals surface area contributed by atoms with Crippen molar-refractivity contribution in [2.75, 3.05) is 19.6 Å². The van der Waals surface area contributed by atoms with E-state index < -0.39 is 0 Å². The maximum absolute atomic E-state index is 5.88. The van der Waals surface area contributed by atoms with E-state index in [2.05, 4.69) is 32.6 Å². The molecule has 3 atom stereocenters. The van der Waals surface area contributed by atoms with Crippen molar-refractivity contribution in [3.05, 3.63) is 0 Å². The number of piperidine rings is 1. The number of fused-ring (bicyclic) bond motifs is 1. The number of hydrogen-bond acceptors (Lipinski definition) is 2. The van der Waals surface area contributed by atoms with Crippen LogP contribution in [-0.4, -0.2) is 30.1 Å². The minimum absolute atomic E-state index is 0.253. The summed E-state index contributed by atoms with van der Waals surface area (Å²) in [7, 11) is 0. The van der Waals surface area contributed by atoms with Crippen molar-refractivity contribution in [3.63, 3.8) is 0 Å². The second-order valence-electron chi connectivity index (χ2n) is 5.99. The van der Waals surface area contributed by atoms with Gasteiger partial charge in [0.2, 0.25) is 0 Å². The third-order valence-corrected chi connectivity index (χ3v) is 5.09. The molecular weight excluding hydrogens is 172 g/mol. The summed E-state index contributed by atoms with van der Waals surface area (Å²) in [6.45, 7) is 12.7. The first-order valence-corrected chi connectivity index (χ1v) is 5.91. The minimum Gasteiger partial charge on any atom is -0.329 e. The Hall–Kier alpha value is -0.0800. The van der Waals surface area contributed by atoms with Gasteiger partial charge in [-0.2, -0.15) is 0 Å². The Morgan fingerprint density at radius 3 is 2.21 bits per heavy atom. The molecule has 2 rings (SSSR count). The van der Waals surface area contributed by atoms with Gasteiger partial charge in [0.05, 0.1) is 0 Å². The number of nitrogens with two attached hydrogens (primary N) is 1. The molecule has 1 saturated carbocycles. The fourth-order valence-electron chi connectivity index (χ4n) is 3.07. The Kier molecular flexibility index (Phi) is 2.20. The fraction of sp³-hybridized carbons (Fsp3) is 1.00. The minimum atomic E-state index is 0.253. The van der Waals surface area contributed by atoms with Crippen molar-refractivity contribution in [2.45, 2.75) is 39.7 Å². The van der Waals surface area contributed by atoms with Crippen LogP contribution in [0.1, 0.15) is 34.1 Å². The Bertz CT molecular complexity index is 216. The van der Waals surface area contributed by atoms with Gasteiger partial charge in [0.1, 0.15) is 0 Å². The number of likely N-dealkylation sites (tertiary alicyclic amines) is 1. The molecule has 1 aliphatic heterocycles. The van der Waals surface area contributed by atoms with Crippen molar-refractivity contribution in [3.8, 4) is 0 Å². The highest BCUT2D eigenvalue weighted by Crippen LogP contribution is 2.62. The normalized spacial score (nSPS) is 39.2. The molecule has 3 unspecified atom stereocenters. The van der Waals surface area contributed by atoms with Gasteiger partial charge in [0.15, 0.2) is 0 Å². The first kappa shape index (κ1) is 10.4. The van der Waals surface area contributed by atoms with Crippen LogP contribution in [0.3, 0.4) is 0 Å². The molecule has 0 aromatic carbocycles. The lowest BCUT2D eigenvalue weighted by Gasteiger charge is -2.39. The summed E-state index contributed by atoms with van der Waals surface area (Å²) in [6, 6.07) is 0. The summed E-state index contributed by atoms with van der Waals surface area (Å²) in [5.41, 5.74) is 6.76. The van der Waals surface area contributed by atoms with Crippen molar-refractivity contribution in [2.24, 2.45) is 23.0 Å². The van der Waals surface area contributed by atoms with E-state index in [9.17, 15) is 0 Å².